The Morgan fingerprint density at radius 2 is 1.76 bits per heavy atom. The molecule has 1 aromatic rings. The third-order valence-electron chi connectivity index (χ3n) is 4.39. The summed E-state index contributed by atoms with van der Waals surface area (Å²) < 4.78 is 13.9. The molecule has 0 aliphatic carbocycles. The van der Waals surface area contributed by atoms with Crippen LogP contribution >= 0.6 is 0 Å². The molecule has 1 aliphatic heterocycles. The van der Waals surface area contributed by atoms with Crippen LogP contribution in [0.1, 0.15) is 32.4 Å². The van der Waals surface area contributed by atoms with Crippen LogP contribution in [-0.4, -0.2) is 55.1 Å². The van der Waals surface area contributed by atoms with Crippen molar-refractivity contribution in [2.45, 2.75) is 32.4 Å². The fourth-order valence-corrected chi connectivity index (χ4v) is 2.96. The Labute approximate surface area is 128 Å². The smallest absolute Gasteiger partial charge is 0.128 e. The average Bonchev–Trinajstić information content (AvgIpc) is 2.45. The number of hydrogen-bond acceptors (Lipinski definition) is 3. The van der Waals surface area contributed by atoms with E-state index >= 15 is 0 Å². The summed E-state index contributed by atoms with van der Waals surface area (Å²) in [7, 11) is 1.91. The normalized spacial score (nSPS) is 19.7. The first kappa shape index (κ1) is 16.4. The fraction of sp³-hybridized carbons (Fsp3) is 0.647. The molecule has 1 atom stereocenters. The van der Waals surface area contributed by atoms with Gasteiger partial charge in [0.05, 0.1) is 0 Å². The summed E-state index contributed by atoms with van der Waals surface area (Å²) >= 11 is 0. The Bertz CT molecular complexity index is 448. The van der Waals surface area contributed by atoms with Crippen LogP contribution < -0.4 is 5.32 Å². The van der Waals surface area contributed by atoms with Gasteiger partial charge in [-0.15, -0.1) is 0 Å². The predicted molar refractivity (Wildman–Crippen MR) is 86.0 cm³/mol. The van der Waals surface area contributed by atoms with Crippen LogP contribution in [0.2, 0.25) is 0 Å². The number of likely N-dealkylation sites (N-methyl/N-ethyl adjacent to an activating group) is 1. The topological polar surface area (TPSA) is 18.5 Å². The van der Waals surface area contributed by atoms with Crippen molar-refractivity contribution < 1.29 is 4.39 Å². The van der Waals surface area contributed by atoms with Crippen LogP contribution in [0.5, 0.6) is 0 Å². The number of halogens is 1. The molecule has 0 spiro atoms. The molecular weight excluding hydrogens is 265 g/mol. The molecule has 1 heterocycles. The summed E-state index contributed by atoms with van der Waals surface area (Å²) in [6.45, 7) is 11.9. The Morgan fingerprint density at radius 3 is 2.29 bits per heavy atom. The lowest BCUT2D eigenvalue weighted by atomic mass is 10.0. The minimum absolute atomic E-state index is 0.0485. The Balaban J connectivity index is 1.94. The summed E-state index contributed by atoms with van der Waals surface area (Å²) in [5.74, 6) is -0.120. The van der Waals surface area contributed by atoms with E-state index in [9.17, 15) is 4.39 Å². The van der Waals surface area contributed by atoms with E-state index in [-0.39, 0.29) is 17.4 Å². The van der Waals surface area contributed by atoms with Crippen molar-refractivity contribution in [2.24, 2.45) is 0 Å². The standard InChI is InChI=1S/C17H28FN3/c1-17(2,3)21-11-9-20(10-12-21)13-16(19-4)14-7-5-6-8-15(14)18/h5-8,16,19H,9-13H2,1-4H3. The van der Waals surface area contributed by atoms with E-state index in [0.717, 1.165) is 38.3 Å². The van der Waals surface area contributed by atoms with Crippen LogP contribution in [-0.2, 0) is 0 Å². The molecule has 1 N–H and O–H groups in total. The van der Waals surface area contributed by atoms with E-state index in [0.29, 0.717) is 0 Å². The number of rotatable bonds is 4. The molecule has 0 aromatic heterocycles. The first-order chi connectivity index (χ1) is 9.91. The predicted octanol–water partition coefficient (Wildman–Crippen LogP) is 2.50. The molecule has 4 heteroatoms. The summed E-state index contributed by atoms with van der Waals surface area (Å²) in [5.41, 5.74) is 0.998. The Kier molecular flexibility index (Phi) is 5.36. The highest BCUT2D eigenvalue weighted by molar-refractivity contribution is 5.21. The number of piperazine rings is 1. The van der Waals surface area contributed by atoms with Gasteiger partial charge in [0.1, 0.15) is 5.82 Å². The van der Waals surface area contributed by atoms with Gasteiger partial charge in [-0.3, -0.25) is 9.80 Å². The van der Waals surface area contributed by atoms with Crippen LogP contribution in [0.3, 0.4) is 0 Å². The SMILES string of the molecule is CNC(CN1CCN(C(C)(C)C)CC1)c1ccccc1F. The maximum absolute atomic E-state index is 13.9. The molecule has 1 saturated heterocycles. The Morgan fingerprint density at radius 1 is 1.14 bits per heavy atom. The van der Waals surface area contributed by atoms with E-state index in [2.05, 4.69) is 35.9 Å². The molecule has 21 heavy (non-hydrogen) atoms. The number of benzene rings is 1. The molecule has 1 aromatic carbocycles. The van der Waals surface area contributed by atoms with E-state index < -0.39 is 0 Å². The molecule has 3 nitrogen and oxygen atoms in total. The van der Waals surface area contributed by atoms with Crippen LogP contribution in [0.15, 0.2) is 24.3 Å². The van der Waals surface area contributed by atoms with Gasteiger partial charge in [0.2, 0.25) is 0 Å². The van der Waals surface area contributed by atoms with Gasteiger partial charge in [-0.2, -0.15) is 0 Å². The highest BCUT2D eigenvalue weighted by atomic mass is 19.1. The zero-order valence-electron chi connectivity index (χ0n) is 13.7. The molecule has 0 amide bonds. The molecule has 118 valence electrons. The molecule has 0 radical (unpaired) electrons. The highest BCUT2D eigenvalue weighted by Gasteiger charge is 2.27. The zero-order valence-corrected chi connectivity index (χ0v) is 13.7. The monoisotopic (exact) mass is 293 g/mol. The largest absolute Gasteiger partial charge is 0.312 e. The zero-order chi connectivity index (χ0) is 15.5. The van der Waals surface area contributed by atoms with Crippen molar-refractivity contribution in [3.63, 3.8) is 0 Å². The number of nitrogens with zero attached hydrogens (tertiary/aromatic N) is 2. The quantitative estimate of drug-likeness (QED) is 0.920. The van der Waals surface area contributed by atoms with Crippen LogP contribution in [0, 0.1) is 5.82 Å². The van der Waals surface area contributed by atoms with Crippen LogP contribution in [0.25, 0.3) is 0 Å². The van der Waals surface area contributed by atoms with Gasteiger partial charge in [0, 0.05) is 49.9 Å². The molecule has 1 aliphatic rings. The third kappa shape index (κ3) is 4.25. The van der Waals surface area contributed by atoms with E-state index in [1.807, 2.05) is 19.2 Å². The van der Waals surface area contributed by atoms with Crippen molar-refractivity contribution >= 4 is 0 Å². The highest BCUT2D eigenvalue weighted by Crippen LogP contribution is 2.20. The lowest BCUT2D eigenvalue weighted by Crippen LogP contribution is -2.54. The maximum Gasteiger partial charge on any atom is 0.128 e. The summed E-state index contributed by atoms with van der Waals surface area (Å²) in [6.07, 6.45) is 0. The van der Waals surface area contributed by atoms with Gasteiger partial charge < -0.3 is 5.32 Å². The molecule has 0 saturated carbocycles. The van der Waals surface area contributed by atoms with Gasteiger partial charge in [-0.1, -0.05) is 18.2 Å². The number of nitrogens with one attached hydrogen (secondary N) is 1. The second-order valence-corrected chi connectivity index (χ2v) is 6.82. The van der Waals surface area contributed by atoms with Gasteiger partial charge in [0.25, 0.3) is 0 Å². The minimum atomic E-state index is -0.120. The second kappa shape index (κ2) is 6.86. The lowest BCUT2D eigenvalue weighted by Gasteiger charge is -2.43. The molecule has 0 bridgehead atoms. The lowest BCUT2D eigenvalue weighted by molar-refractivity contribution is 0.0582. The van der Waals surface area contributed by atoms with E-state index in [4.69, 9.17) is 0 Å². The van der Waals surface area contributed by atoms with E-state index in [1.165, 1.54) is 6.07 Å². The summed E-state index contributed by atoms with van der Waals surface area (Å²) in [4.78, 5) is 4.94. The van der Waals surface area contributed by atoms with Gasteiger partial charge >= 0.3 is 0 Å². The van der Waals surface area contributed by atoms with Gasteiger partial charge in [-0.25, -0.2) is 4.39 Å². The van der Waals surface area contributed by atoms with Crippen molar-refractivity contribution in [2.75, 3.05) is 39.8 Å². The molecular formula is C17H28FN3. The summed E-state index contributed by atoms with van der Waals surface area (Å²) in [5, 5.41) is 3.25. The molecule has 1 unspecified atom stereocenters. The Hall–Kier alpha value is -0.970. The van der Waals surface area contributed by atoms with Gasteiger partial charge in [0.15, 0.2) is 0 Å². The third-order valence-corrected chi connectivity index (χ3v) is 4.39. The first-order valence-corrected chi connectivity index (χ1v) is 7.81. The summed E-state index contributed by atoms with van der Waals surface area (Å²) in [6, 6.07) is 7.11. The second-order valence-electron chi connectivity index (χ2n) is 6.82. The maximum atomic E-state index is 13.9. The number of hydrogen-bond donors (Lipinski definition) is 1. The first-order valence-electron chi connectivity index (χ1n) is 7.81. The van der Waals surface area contributed by atoms with Crippen molar-refractivity contribution in [3.8, 4) is 0 Å². The van der Waals surface area contributed by atoms with Gasteiger partial charge in [-0.05, 0) is 33.9 Å². The van der Waals surface area contributed by atoms with Crippen molar-refractivity contribution in [1.82, 2.24) is 15.1 Å². The van der Waals surface area contributed by atoms with Crippen LogP contribution in [0.4, 0.5) is 4.39 Å². The minimum Gasteiger partial charge on any atom is -0.312 e. The molecule has 1 fully saturated rings. The molecule has 2 rings (SSSR count). The fourth-order valence-electron chi connectivity index (χ4n) is 2.96. The van der Waals surface area contributed by atoms with Crippen molar-refractivity contribution in [3.05, 3.63) is 35.6 Å². The van der Waals surface area contributed by atoms with Crippen molar-refractivity contribution in [1.29, 1.82) is 0 Å². The van der Waals surface area contributed by atoms with E-state index in [1.54, 1.807) is 6.07 Å². The average molecular weight is 293 g/mol.